The molecule has 0 aromatic carbocycles. The first-order chi connectivity index (χ1) is 11.1. The van der Waals surface area contributed by atoms with E-state index in [1.807, 2.05) is 26.0 Å². The molecule has 0 amide bonds. The molecule has 1 saturated carbocycles. The number of carbonyl (C=O) groups is 1. The number of aromatic nitrogens is 1. The molecule has 1 fully saturated rings. The molecule has 2 aliphatic carbocycles. The van der Waals surface area contributed by atoms with Crippen molar-refractivity contribution >= 4 is 5.78 Å². The molecule has 3 rings (SSSR count). The summed E-state index contributed by atoms with van der Waals surface area (Å²) in [6, 6.07) is 5.79. The Balaban J connectivity index is 2.14. The van der Waals surface area contributed by atoms with Crippen LogP contribution in [0.2, 0.25) is 0 Å². The third-order valence-electron chi connectivity index (χ3n) is 6.93. The minimum atomic E-state index is -0.990. The van der Waals surface area contributed by atoms with E-state index < -0.39 is 16.4 Å². The summed E-state index contributed by atoms with van der Waals surface area (Å²) in [5.74, 6) is -0.0863. The SMILES string of the molecule is CC1(C)C(=O)C(C#N)=C[C@]2(C)C[C@](O)(c3cccnc3)CC[C@@]12C. The number of hydrogen-bond acceptors (Lipinski definition) is 4. The lowest BCUT2D eigenvalue weighted by atomic mass is 9.42. The normalized spacial score (nSPS) is 38.0. The maximum atomic E-state index is 12.7. The Morgan fingerprint density at radius 2 is 1.96 bits per heavy atom. The van der Waals surface area contributed by atoms with Gasteiger partial charge in [-0.05, 0) is 36.2 Å². The first-order valence-electron chi connectivity index (χ1n) is 8.40. The third kappa shape index (κ3) is 2.01. The van der Waals surface area contributed by atoms with Gasteiger partial charge in [0.25, 0.3) is 0 Å². The zero-order valence-corrected chi connectivity index (χ0v) is 14.8. The molecule has 0 aliphatic heterocycles. The second-order valence-corrected chi connectivity index (χ2v) is 8.32. The van der Waals surface area contributed by atoms with Gasteiger partial charge < -0.3 is 5.11 Å². The number of nitrogens with zero attached hydrogens (tertiary/aromatic N) is 2. The molecule has 2 aliphatic rings. The summed E-state index contributed by atoms with van der Waals surface area (Å²) in [6.45, 7) is 8.07. The summed E-state index contributed by atoms with van der Waals surface area (Å²) in [6.07, 6.45) is 6.98. The van der Waals surface area contributed by atoms with Crippen molar-refractivity contribution in [2.45, 2.75) is 52.6 Å². The molecule has 24 heavy (non-hydrogen) atoms. The van der Waals surface area contributed by atoms with Crippen LogP contribution < -0.4 is 0 Å². The highest BCUT2D eigenvalue weighted by molar-refractivity contribution is 6.04. The lowest BCUT2D eigenvalue weighted by molar-refractivity contribution is -0.161. The molecular formula is C20H24N2O2. The topological polar surface area (TPSA) is 74.0 Å². The van der Waals surface area contributed by atoms with Crippen molar-refractivity contribution in [3.05, 3.63) is 41.7 Å². The fourth-order valence-electron chi connectivity index (χ4n) is 4.81. The predicted octanol–water partition coefficient (Wildman–Crippen LogP) is 3.52. The predicted molar refractivity (Wildman–Crippen MR) is 90.7 cm³/mol. The number of ketones is 1. The lowest BCUT2D eigenvalue weighted by Crippen LogP contribution is -2.59. The number of allylic oxidation sites excluding steroid dienone is 2. The highest BCUT2D eigenvalue weighted by atomic mass is 16.3. The largest absolute Gasteiger partial charge is 0.385 e. The standard InChI is InChI=1S/C20H24N2O2/c1-17(2)16(23)14(11-21)10-18(3)13-20(24,8-7-19(17,18)4)15-6-5-9-22-12-15/h5-6,9-10,12,24H,7-8,13H2,1-4H3/t18-,19+,20+/m1/s1. The molecule has 0 radical (unpaired) electrons. The molecule has 0 spiro atoms. The first-order valence-corrected chi connectivity index (χ1v) is 8.40. The highest BCUT2D eigenvalue weighted by Crippen LogP contribution is 2.66. The molecule has 3 atom stereocenters. The molecular weight excluding hydrogens is 300 g/mol. The van der Waals surface area contributed by atoms with Gasteiger partial charge in [-0.1, -0.05) is 39.8 Å². The van der Waals surface area contributed by atoms with Crippen molar-refractivity contribution in [1.29, 1.82) is 5.26 Å². The van der Waals surface area contributed by atoms with Crippen molar-refractivity contribution in [3.8, 4) is 6.07 Å². The first kappa shape index (κ1) is 16.9. The van der Waals surface area contributed by atoms with Crippen LogP contribution in [0.4, 0.5) is 0 Å². The van der Waals surface area contributed by atoms with E-state index in [1.165, 1.54) is 0 Å². The van der Waals surface area contributed by atoms with Gasteiger partial charge in [0.1, 0.15) is 6.07 Å². The van der Waals surface area contributed by atoms with E-state index in [9.17, 15) is 15.2 Å². The summed E-state index contributed by atoms with van der Waals surface area (Å²) in [5, 5.41) is 20.7. The third-order valence-corrected chi connectivity index (χ3v) is 6.93. The van der Waals surface area contributed by atoms with E-state index in [1.54, 1.807) is 18.5 Å². The van der Waals surface area contributed by atoms with Crippen LogP contribution in [0.15, 0.2) is 36.2 Å². The summed E-state index contributed by atoms with van der Waals surface area (Å²) < 4.78 is 0. The van der Waals surface area contributed by atoms with Crippen molar-refractivity contribution in [2.75, 3.05) is 0 Å². The van der Waals surface area contributed by atoms with Crippen molar-refractivity contribution in [3.63, 3.8) is 0 Å². The van der Waals surface area contributed by atoms with E-state index in [0.29, 0.717) is 19.3 Å². The molecule has 0 saturated heterocycles. The quantitative estimate of drug-likeness (QED) is 0.857. The minimum absolute atomic E-state index is 0.0863. The van der Waals surface area contributed by atoms with Crippen LogP contribution in [0, 0.1) is 27.6 Å². The Kier molecular flexibility index (Phi) is 3.51. The van der Waals surface area contributed by atoms with Gasteiger partial charge >= 0.3 is 0 Å². The molecule has 1 heterocycles. The Bertz CT molecular complexity index is 762. The van der Waals surface area contributed by atoms with Crippen LogP contribution in [0.5, 0.6) is 0 Å². The van der Waals surface area contributed by atoms with Crippen molar-refractivity contribution in [2.24, 2.45) is 16.2 Å². The smallest absolute Gasteiger partial charge is 0.179 e. The van der Waals surface area contributed by atoms with E-state index in [4.69, 9.17) is 0 Å². The van der Waals surface area contributed by atoms with E-state index in [0.717, 1.165) is 5.56 Å². The molecule has 1 N–H and O–H groups in total. The Morgan fingerprint density at radius 1 is 1.25 bits per heavy atom. The second-order valence-electron chi connectivity index (χ2n) is 8.32. The highest BCUT2D eigenvalue weighted by Gasteiger charge is 2.63. The molecule has 0 unspecified atom stereocenters. The van der Waals surface area contributed by atoms with Gasteiger partial charge in [-0.3, -0.25) is 9.78 Å². The summed E-state index contributed by atoms with van der Waals surface area (Å²) >= 11 is 0. The Morgan fingerprint density at radius 3 is 2.54 bits per heavy atom. The van der Waals surface area contributed by atoms with E-state index >= 15 is 0 Å². The number of pyridine rings is 1. The zero-order chi connectivity index (χ0) is 17.8. The fourth-order valence-corrected chi connectivity index (χ4v) is 4.81. The van der Waals surface area contributed by atoms with Crippen LogP contribution in [-0.4, -0.2) is 15.9 Å². The number of nitriles is 1. The average Bonchev–Trinajstić information content (AvgIpc) is 2.55. The zero-order valence-electron chi connectivity index (χ0n) is 14.8. The fraction of sp³-hybridized carbons (Fsp3) is 0.550. The molecule has 1 aromatic heterocycles. The van der Waals surface area contributed by atoms with Crippen LogP contribution in [0.3, 0.4) is 0 Å². The van der Waals surface area contributed by atoms with Crippen LogP contribution in [0.25, 0.3) is 0 Å². The van der Waals surface area contributed by atoms with Gasteiger partial charge in [-0.2, -0.15) is 5.26 Å². The molecule has 126 valence electrons. The number of Topliss-reactive ketones (excluding diaryl/α,β-unsaturated/α-hetero) is 1. The molecule has 0 bridgehead atoms. The summed E-state index contributed by atoms with van der Waals surface area (Å²) in [7, 11) is 0. The number of hydrogen-bond donors (Lipinski definition) is 1. The van der Waals surface area contributed by atoms with E-state index in [-0.39, 0.29) is 16.8 Å². The number of fused-ring (bicyclic) bond motifs is 1. The minimum Gasteiger partial charge on any atom is -0.385 e. The van der Waals surface area contributed by atoms with Crippen LogP contribution in [0.1, 0.15) is 52.5 Å². The molecule has 1 aromatic rings. The van der Waals surface area contributed by atoms with Gasteiger partial charge in [0.05, 0.1) is 11.2 Å². The van der Waals surface area contributed by atoms with Crippen molar-refractivity contribution < 1.29 is 9.90 Å². The summed E-state index contributed by atoms with van der Waals surface area (Å²) in [4.78, 5) is 16.9. The van der Waals surface area contributed by atoms with Crippen LogP contribution >= 0.6 is 0 Å². The Labute approximate surface area is 143 Å². The van der Waals surface area contributed by atoms with Crippen molar-refractivity contribution in [1.82, 2.24) is 4.98 Å². The van der Waals surface area contributed by atoms with Crippen LogP contribution in [-0.2, 0) is 10.4 Å². The van der Waals surface area contributed by atoms with Gasteiger partial charge in [-0.15, -0.1) is 0 Å². The molecule has 4 nitrogen and oxygen atoms in total. The van der Waals surface area contributed by atoms with E-state index in [2.05, 4.69) is 24.9 Å². The maximum Gasteiger partial charge on any atom is 0.179 e. The number of rotatable bonds is 1. The average molecular weight is 324 g/mol. The Hall–Kier alpha value is -1.99. The van der Waals surface area contributed by atoms with Gasteiger partial charge in [0.15, 0.2) is 5.78 Å². The van der Waals surface area contributed by atoms with Gasteiger partial charge in [0, 0.05) is 23.4 Å². The van der Waals surface area contributed by atoms with Gasteiger partial charge in [0.2, 0.25) is 0 Å². The number of aliphatic hydroxyl groups is 1. The van der Waals surface area contributed by atoms with Gasteiger partial charge in [-0.25, -0.2) is 0 Å². The molecule has 4 heteroatoms. The monoisotopic (exact) mass is 324 g/mol. The number of carbonyl (C=O) groups excluding carboxylic acids is 1. The summed E-state index contributed by atoms with van der Waals surface area (Å²) in [5.41, 5.74) is -1.37. The second kappa shape index (κ2) is 5.00. The maximum absolute atomic E-state index is 12.7. The lowest BCUT2D eigenvalue weighted by Gasteiger charge is -2.61.